The van der Waals surface area contributed by atoms with Crippen molar-refractivity contribution in [2.24, 2.45) is 20.7 Å². The maximum atomic E-state index is 11.1. The Kier molecular flexibility index (Phi) is 2.35. The Labute approximate surface area is 90.7 Å². The number of aliphatic carboxylic acids is 1. The van der Waals surface area contributed by atoms with Crippen LogP contribution in [-0.4, -0.2) is 16.7 Å². The molecular formula is C9H9N5O2. The highest BCUT2D eigenvalue weighted by molar-refractivity contribution is 5.79. The third kappa shape index (κ3) is 1.62. The van der Waals surface area contributed by atoms with Gasteiger partial charge in [-0.25, -0.2) is 4.79 Å². The molecule has 1 heterocycles. The zero-order valence-corrected chi connectivity index (χ0v) is 8.24. The van der Waals surface area contributed by atoms with Gasteiger partial charge in [-0.3, -0.25) is 0 Å². The smallest absolute Gasteiger partial charge is 0.358 e. The second-order valence-electron chi connectivity index (χ2n) is 3.38. The third-order valence-electron chi connectivity index (χ3n) is 2.29. The number of nitrogens with two attached hydrogens (primary N) is 1. The summed E-state index contributed by atoms with van der Waals surface area (Å²) in [5, 5.41) is 22.6. The average Bonchev–Trinajstić information content (AvgIpc) is 2.71. The van der Waals surface area contributed by atoms with Crippen LogP contribution < -0.4 is 5.73 Å². The highest BCUT2D eigenvalue weighted by atomic mass is 16.4. The molecule has 0 unspecified atom stereocenters. The van der Waals surface area contributed by atoms with E-state index in [4.69, 9.17) is 10.8 Å². The molecule has 1 aromatic carbocycles. The van der Waals surface area contributed by atoms with Crippen LogP contribution in [-0.2, 0) is 11.2 Å². The molecule has 7 heteroatoms. The molecule has 0 amide bonds. The Morgan fingerprint density at radius 2 is 1.94 bits per heavy atom. The maximum Gasteiger partial charge on any atom is 0.358 e. The van der Waals surface area contributed by atoms with E-state index < -0.39 is 11.6 Å². The number of para-hydroxylation sites is 1. The number of nitrogen functional groups attached to an aromatic ring is 1. The van der Waals surface area contributed by atoms with Gasteiger partial charge in [0.25, 0.3) is 5.66 Å². The minimum Gasteiger partial charge on any atom is -0.478 e. The molecule has 3 N–H and O–H groups in total. The van der Waals surface area contributed by atoms with Crippen LogP contribution in [0.15, 0.2) is 44.9 Å². The van der Waals surface area contributed by atoms with Gasteiger partial charge in [0.1, 0.15) is 0 Å². The van der Waals surface area contributed by atoms with Crippen molar-refractivity contribution in [3.8, 4) is 0 Å². The zero-order chi connectivity index (χ0) is 11.6. The minimum absolute atomic E-state index is 0.0437. The van der Waals surface area contributed by atoms with E-state index in [1.807, 2.05) is 0 Å². The van der Waals surface area contributed by atoms with Crippen LogP contribution in [0.4, 0.5) is 5.69 Å². The molecule has 0 radical (unpaired) electrons. The molecule has 0 spiro atoms. The molecule has 0 aromatic heterocycles. The fourth-order valence-corrected chi connectivity index (χ4v) is 1.40. The lowest BCUT2D eigenvalue weighted by molar-refractivity contribution is -0.142. The van der Waals surface area contributed by atoms with Crippen LogP contribution in [0.5, 0.6) is 0 Å². The number of benzene rings is 1. The number of rotatable bonds is 3. The quantitative estimate of drug-likeness (QED) is 0.749. The van der Waals surface area contributed by atoms with E-state index in [0.29, 0.717) is 11.3 Å². The molecule has 2 rings (SSSR count). The lowest BCUT2D eigenvalue weighted by Gasteiger charge is -2.15. The molecule has 0 saturated carbocycles. The first-order chi connectivity index (χ1) is 7.64. The number of anilines is 1. The number of hydrogen-bond acceptors (Lipinski definition) is 6. The Bertz CT molecular complexity index is 471. The van der Waals surface area contributed by atoms with Crippen molar-refractivity contribution >= 4 is 11.7 Å². The number of carboxylic acids is 1. The molecule has 0 aliphatic carbocycles. The SMILES string of the molecule is Nc1ccccc1CC1(C(=O)O)N=NN=N1. The molecule has 0 fully saturated rings. The summed E-state index contributed by atoms with van der Waals surface area (Å²) in [6.45, 7) is 0. The van der Waals surface area contributed by atoms with Crippen molar-refractivity contribution in [3.05, 3.63) is 29.8 Å². The van der Waals surface area contributed by atoms with Crippen LogP contribution in [0.3, 0.4) is 0 Å². The van der Waals surface area contributed by atoms with Gasteiger partial charge >= 0.3 is 5.97 Å². The lowest BCUT2D eigenvalue weighted by Crippen LogP contribution is -2.35. The van der Waals surface area contributed by atoms with Crippen LogP contribution in [0.25, 0.3) is 0 Å². The van der Waals surface area contributed by atoms with E-state index in [-0.39, 0.29) is 6.42 Å². The van der Waals surface area contributed by atoms with Gasteiger partial charge in [0, 0.05) is 12.1 Å². The number of carboxylic acid groups (broad SMARTS) is 1. The van der Waals surface area contributed by atoms with Crippen LogP contribution in [0, 0.1) is 0 Å². The van der Waals surface area contributed by atoms with E-state index in [1.54, 1.807) is 24.3 Å². The summed E-state index contributed by atoms with van der Waals surface area (Å²) in [4.78, 5) is 11.1. The summed E-state index contributed by atoms with van der Waals surface area (Å²) >= 11 is 0. The van der Waals surface area contributed by atoms with Crippen molar-refractivity contribution in [2.75, 3.05) is 5.73 Å². The normalized spacial score (nSPS) is 16.5. The standard InChI is InChI=1S/C9H9N5O2/c10-7-4-2-1-3-6(7)5-9(8(15)16)11-13-14-12-9/h1-4H,5,10H2,(H,15,16). The van der Waals surface area contributed by atoms with E-state index in [1.165, 1.54) is 0 Å². The Morgan fingerprint density at radius 1 is 1.31 bits per heavy atom. The van der Waals surface area contributed by atoms with Crippen LogP contribution in [0.2, 0.25) is 0 Å². The molecule has 0 saturated heterocycles. The summed E-state index contributed by atoms with van der Waals surface area (Å²) in [5.41, 5.74) is 5.22. The van der Waals surface area contributed by atoms with Gasteiger partial charge in [0.05, 0.1) is 0 Å². The molecule has 1 aromatic rings. The lowest BCUT2D eigenvalue weighted by atomic mass is 10.00. The van der Waals surface area contributed by atoms with E-state index in [0.717, 1.165) is 0 Å². The predicted molar refractivity (Wildman–Crippen MR) is 54.6 cm³/mol. The maximum absolute atomic E-state index is 11.1. The fourth-order valence-electron chi connectivity index (χ4n) is 1.40. The second kappa shape index (κ2) is 3.69. The van der Waals surface area contributed by atoms with E-state index in [2.05, 4.69) is 20.7 Å². The monoisotopic (exact) mass is 219 g/mol. The fraction of sp³-hybridized carbons (Fsp3) is 0.222. The van der Waals surface area contributed by atoms with Gasteiger partial charge in [-0.1, -0.05) is 18.2 Å². The van der Waals surface area contributed by atoms with Crippen molar-refractivity contribution in [1.29, 1.82) is 0 Å². The zero-order valence-electron chi connectivity index (χ0n) is 8.24. The van der Waals surface area contributed by atoms with Gasteiger partial charge in [0.15, 0.2) is 0 Å². The number of carbonyl (C=O) groups is 1. The molecule has 82 valence electrons. The minimum atomic E-state index is -1.66. The molecular weight excluding hydrogens is 210 g/mol. The molecule has 1 aliphatic rings. The first-order valence-corrected chi connectivity index (χ1v) is 4.55. The van der Waals surface area contributed by atoms with E-state index in [9.17, 15) is 4.79 Å². The Hall–Kier alpha value is -2.31. The summed E-state index contributed by atoms with van der Waals surface area (Å²) in [6, 6.07) is 6.95. The summed E-state index contributed by atoms with van der Waals surface area (Å²) in [7, 11) is 0. The van der Waals surface area contributed by atoms with Crippen molar-refractivity contribution in [2.45, 2.75) is 12.1 Å². The Balaban J connectivity index is 2.33. The van der Waals surface area contributed by atoms with Gasteiger partial charge in [-0.2, -0.15) is 0 Å². The molecule has 16 heavy (non-hydrogen) atoms. The highest BCUT2D eigenvalue weighted by Crippen LogP contribution is 2.27. The summed E-state index contributed by atoms with van der Waals surface area (Å²) in [6.07, 6.45) is 0.0437. The van der Waals surface area contributed by atoms with Crippen molar-refractivity contribution in [3.63, 3.8) is 0 Å². The Morgan fingerprint density at radius 3 is 2.50 bits per heavy atom. The largest absolute Gasteiger partial charge is 0.478 e. The van der Waals surface area contributed by atoms with Crippen molar-refractivity contribution in [1.82, 2.24) is 0 Å². The topological polar surface area (TPSA) is 113 Å². The predicted octanol–water partition coefficient (Wildman–Crippen LogP) is 1.43. The molecule has 7 nitrogen and oxygen atoms in total. The highest BCUT2D eigenvalue weighted by Gasteiger charge is 2.42. The average molecular weight is 219 g/mol. The number of hydrogen-bond donors (Lipinski definition) is 2. The second-order valence-corrected chi connectivity index (χ2v) is 3.38. The summed E-state index contributed by atoms with van der Waals surface area (Å²) < 4.78 is 0. The van der Waals surface area contributed by atoms with E-state index >= 15 is 0 Å². The van der Waals surface area contributed by atoms with Gasteiger partial charge in [-0.05, 0) is 22.1 Å². The van der Waals surface area contributed by atoms with Crippen molar-refractivity contribution < 1.29 is 9.90 Å². The van der Waals surface area contributed by atoms with Gasteiger partial charge < -0.3 is 10.8 Å². The van der Waals surface area contributed by atoms with Gasteiger partial charge in [0.2, 0.25) is 0 Å². The molecule has 1 aliphatic heterocycles. The summed E-state index contributed by atoms with van der Waals surface area (Å²) in [5.74, 6) is -1.19. The number of nitrogens with zero attached hydrogens (tertiary/aromatic N) is 4. The first kappa shape index (κ1) is 10.2. The van der Waals surface area contributed by atoms with Crippen LogP contribution in [0.1, 0.15) is 5.56 Å². The van der Waals surface area contributed by atoms with Crippen LogP contribution >= 0.6 is 0 Å². The third-order valence-corrected chi connectivity index (χ3v) is 2.29. The first-order valence-electron chi connectivity index (χ1n) is 4.55. The molecule has 0 atom stereocenters. The molecule has 0 bridgehead atoms. The van der Waals surface area contributed by atoms with Gasteiger partial charge in [-0.15, -0.1) is 10.2 Å².